The summed E-state index contributed by atoms with van der Waals surface area (Å²) in [4.78, 5) is 46.5. The van der Waals surface area contributed by atoms with Crippen LogP contribution >= 0.6 is 27.0 Å². The Bertz CT molecular complexity index is 1120. The van der Waals surface area contributed by atoms with Crippen LogP contribution in [0.4, 0.5) is 5.82 Å². The van der Waals surface area contributed by atoms with Gasteiger partial charge in [0.1, 0.15) is 17.7 Å². The van der Waals surface area contributed by atoms with Gasteiger partial charge in [0, 0.05) is 26.0 Å². The summed E-state index contributed by atoms with van der Waals surface area (Å²) >= 11 is 1.18. The number of aryl methyl sites for hydroxylation is 1. The molecule has 14 nitrogen and oxygen atoms in total. The van der Waals surface area contributed by atoms with Gasteiger partial charge < -0.3 is 30.6 Å². The number of phosphoric acid groups is 2. The van der Waals surface area contributed by atoms with Crippen molar-refractivity contribution >= 4 is 38.8 Å². The quantitative estimate of drug-likeness (QED) is 0.155. The van der Waals surface area contributed by atoms with Crippen LogP contribution in [0.25, 0.3) is 0 Å². The van der Waals surface area contributed by atoms with Gasteiger partial charge in [-0.2, -0.15) is 8.88 Å². The number of aliphatic hydroxyl groups is 1. The predicted octanol–water partition coefficient (Wildman–Crippen LogP) is 1.13. The molecule has 2 heterocycles. The average molecular weight is 541 g/mol. The molecule has 2 rings (SSSR count). The number of nitrogen functional groups attached to an aromatic ring is 1. The van der Waals surface area contributed by atoms with E-state index < -0.39 is 34.3 Å². The zero-order valence-electron chi connectivity index (χ0n) is 18.4. The predicted molar refractivity (Wildman–Crippen MR) is 119 cm³/mol. The average Bonchev–Trinajstić information content (AvgIpc) is 2.97. The zero-order chi connectivity index (χ0) is 25.7. The van der Waals surface area contributed by atoms with Gasteiger partial charge in [-0.1, -0.05) is 11.3 Å². The summed E-state index contributed by atoms with van der Waals surface area (Å²) in [5.74, 6) is -0.223. The minimum absolute atomic E-state index is 0.0628. The van der Waals surface area contributed by atoms with E-state index in [2.05, 4.69) is 18.8 Å². The van der Waals surface area contributed by atoms with Gasteiger partial charge in [-0.15, -0.1) is 0 Å². The van der Waals surface area contributed by atoms with Crippen LogP contribution in [0, 0.1) is 13.8 Å². The van der Waals surface area contributed by atoms with E-state index >= 15 is 0 Å². The van der Waals surface area contributed by atoms with E-state index in [0.717, 1.165) is 0 Å². The third-order valence-electron chi connectivity index (χ3n) is 4.60. The molecule has 7 N–H and O–H groups in total. The lowest BCUT2D eigenvalue weighted by Crippen LogP contribution is -2.41. The standard InChI is InChI=1S/C17H26N4O10P2S/c1-10-14(6-7-30-33(28,29)31-32(25,26)27)34-17(13(22)4-3-5-15(23)24)21(10)9-12-8-19-11(2)20-16(12)18/h8,13,22H,3-7,9H2,1-2H3,(H5-,18,19,20,23,24,25,26,27,28,29)/p+1/t13-/m0/s1. The molecule has 0 saturated carbocycles. The molecule has 0 aromatic carbocycles. The van der Waals surface area contributed by atoms with Crippen LogP contribution in [0.5, 0.6) is 0 Å². The largest absolute Gasteiger partial charge is 0.481 e. The lowest BCUT2D eigenvalue weighted by molar-refractivity contribution is -0.700. The Morgan fingerprint density at radius 3 is 2.56 bits per heavy atom. The second-order valence-corrected chi connectivity index (χ2v) is 11.2. The number of aliphatic hydroxyl groups excluding tert-OH is 1. The molecule has 1 unspecified atom stereocenters. The molecule has 17 heteroatoms. The fraction of sp³-hybridized carbons (Fsp3) is 0.529. The number of rotatable bonds is 13. The first kappa shape index (κ1) is 28.4. The van der Waals surface area contributed by atoms with Crippen LogP contribution < -0.4 is 10.3 Å². The van der Waals surface area contributed by atoms with Crippen LogP contribution in [0.1, 0.15) is 52.3 Å². The molecule has 0 bridgehead atoms. The van der Waals surface area contributed by atoms with Crippen LogP contribution in [0.15, 0.2) is 6.20 Å². The van der Waals surface area contributed by atoms with Crippen LogP contribution in [0.3, 0.4) is 0 Å². The molecular formula is C17H27N4O10P2S+. The molecule has 0 aliphatic heterocycles. The van der Waals surface area contributed by atoms with Gasteiger partial charge in [0.2, 0.25) is 0 Å². The van der Waals surface area contributed by atoms with Crippen molar-refractivity contribution in [2.24, 2.45) is 0 Å². The number of aliphatic carboxylic acids is 1. The Kier molecular flexibility index (Phi) is 9.83. The highest BCUT2D eigenvalue weighted by atomic mass is 32.1. The first-order chi connectivity index (χ1) is 15.7. The first-order valence-corrected chi connectivity index (χ1v) is 13.8. The Morgan fingerprint density at radius 1 is 1.29 bits per heavy atom. The van der Waals surface area contributed by atoms with Crippen molar-refractivity contribution in [2.75, 3.05) is 12.3 Å². The molecule has 190 valence electrons. The van der Waals surface area contributed by atoms with Crippen molar-refractivity contribution in [1.29, 1.82) is 0 Å². The molecule has 0 aliphatic rings. The Balaban J connectivity index is 2.26. The first-order valence-electron chi connectivity index (χ1n) is 9.92. The number of phosphoric ester groups is 1. The van der Waals surface area contributed by atoms with Gasteiger partial charge in [0.05, 0.1) is 17.0 Å². The van der Waals surface area contributed by atoms with Crippen molar-refractivity contribution in [3.63, 3.8) is 0 Å². The maximum absolute atomic E-state index is 11.7. The molecular weight excluding hydrogens is 514 g/mol. The molecule has 0 saturated heterocycles. The number of aromatic nitrogens is 3. The summed E-state index contributed by atoms with van der Waals surface area (Å²) in [5.41, 5.74) is 7.26. The molecule has 0 spiro atoms. The van der Waals surface area contributed by atoms with E-state index in [-0.39, 0.29) is 38.0 Å². The summed E-state index contributed by atoms with van der Waals surface area (Å²) in [6.07, 6.45) is 0.956. The van der Waals surface area contributed by atoms with E-state index in [0.29, 0.717) is 27.0 Å². The number of anilines is 1. The van der Waals surface area contributed by atoms with E-state index in [1.165, 1.54) is 11.3 Å². The van der Waals surface area contributed by atoms with E-state index in [1.54, 1.807) is 24.6 Å². The summed E-state index contributed by atoms with van der Waals surface area (Å²) < 4.78 is 32.6. The molecule has 0 amide bonds. The summed E-state index contributed by atoms with van der Waals surface area (Å²) in [7, 11) is -10.2. The third-order valence-corrected chi connectivity index (χ3v) is 8.23. The highest BCUT2D eigenvalue weighted by molar-refractivity contribution is 7.60. The highest BCUT2D eigenvalue weighted by Gasteiger charge is 2.33. The Labute approximate surface area is 198 Å². The van der Waals surface area contributed by atoms with E-state index in [1.807, 2.05) is 0 Å². The topological polar surface area (TPSA) is 226 Å². The number of hydrogen-bond donors (Lipinski definition) is 6. The fourth-order valence-electron chi connectivity index (χ4n) is 3.03. The summed E-state index contributed by atoms with van der Waals surface area (Å²) in [5, 5.41) is 20.1. The van der Waals surface area contributed by atoms with E-state index in [9.17, 15) is 23.9 Å². The molecule has 2 aromatic rings. The minimum atomic E-state index is -5.23. The number of thiazole rings is 1. The van der Waals surface area contributed by atoms with Crippen molar-refractivity contribution in [3.8, 4) is 0 Å². The molecule has 0 radical (unpaired) electrons. The molecule has 0 fully saturated rings. The number of carboxylic acid groups (broad SMARTS) is 1. The zero-order valence-corrected chi connectivity index (χ0v) is 21.0. The van der Waals surface area contributed by atoms with Crippen molar-refractivity contribution in [3.05, 3.63) is 33.2 Å². The smallest absolute Gasteiger partial charge is 0.481 e. The Hall–Kier alpha value is -1.80. The maximum Gasteiger partial charge on any atom is 0.481 e. The van der Waals surface area contributed by atoms with Gasteiger partial charge in [0.25, 0.3) is 5.01 Å². The highest BCUT2D eigenvalue weighted by Crippen LogP contribution is 2.57. The minimum Gasteiger partial charge on any atom is -0.481 e. The van der Waals surface area contributed by atoms with Crippen LogP contribution in [-0.4, -0.2) is 47.4 Å². The second-order valence-electron chi connectivity index (χ2n) is 7.29. The Morgan fingerprint density at radius 2 is 1.97 bits per heavy atom. The second kappa shape index (κ2) is 11.8. The van der Waals surface area contributed by atoms with Crippen molar-refractivity contribution in [1.82, 2.24) is 9.97 Å². The SMILES string of the molecule is Cc1ncc(C[n+]2c([C@@H](O)CCCC(=O)O)sc(CCOP(=O)(O)OP(=O)(O)O)c2C)c(N)n1. The lowest BCUT2D eigenvalue weighted by Gasteiger charge is -2.11. The summed E-state index contributed by atoms with van der Waals surface area (Å²) in [6, 6.07) is 0. The number of carbonyl (C=O) groups is 1. The van der Waals surface area contributed by atoms with Crippen molar-refractivity contribution in [2.45, 2.75) is 52.2 Å². The van der Waals surface area contributed by atoms with Crippen molar-refractivity contribution < 1.29 is 52.2 Å². The van der Waals surface area contributed by atoms with Gasteiger partial charge in [-0.25, -0.2) is 19.1 Å². The number of hydrogen-bond acceptors (Lipinski definition) is 10. The fourth-order valence-corrected chi connectivity index (χ4v) is 5.88. The maximum atomic E-state index is 11.7. The number of nitrogens with zero attached hydrogens (tertiary/aromatic N) is 3. The van der Waals surface area contributed by atoms with Gasteiger partial charge in [0.15, 0.2) is 12.2 Å². The molecule has 0 aliphatic carbocycles. The van der Waals surface area contributed by atoms with Gasteiger partial charge in [-0.05, 0) is 19.8 Å². The lowest BCUT2D eigenvalue weighted by atomic mass is 10.1. The number of carboxylic acids is 1. The number of nitrogens with two attached hydrogens (primary N) is 1. The van der Waals surface area contributed by atoms with Crippen LogP contribution in [0.2, 0.25) is 0 Å². The monoisotopic (exact) mass is 541 g/mol. The van der Waals surface area contributed by atoms with Gasteiger partial charge in [-0.3, -0.25) is 9.32 Å². The van der Waals surface area contributed by atoms with Gasteiger partial charge >= 0.3 is 21.6 Å². The van der Waals surface area contributed by atoms with Crippen LogP contribution in [-0.2, 0) is 35.7 Å². The summed E-state index contributed by atoms with van der Waals surface area (Å²) in [6.45, 7) is 3.24. The third kappa shape index (κ3) is 8.77. The molecule has 2 aromatic heterocycles. The molecule has 34 heavy (non-hydrogen) atoms. The molecule has 2 atom stereocenters. The van der Waals surface area contributed by atoms with E-state index in [4.69, 9.17) is 20.6 Å². The normalized spacial score (nSPS) is 14.6.